The number of carboxylic acids is 1. The first-order valence-corrected chi connectivity index (χ1v) is 12.5. The number of hydrogen-bond acceptors (Lipinski definition) is 4. The maximum Gasteiger partial charge on any atom is 0.407 e. The molecular weight excluding hydrogens is 444 g/mol. The lowest BCUT2D eigenvalue weighted by Gasteiger charge is -2.24. The summed E-state index contributed by atoms with van der Waals surface area (Å²) in [5.41, 5.74) is 4.76. The van der Waals surface area contributed by atoms with Crippen LogP contribution in [0.5, 0.6) is 0 Å². The number of carbonyl (C=O) groups is 3. The molecule has 0 spiro atoms. The maximum atomic E-state index is 12.6. The van der Waals surface area contributed by atoms with E-state index in [9.17, 15) is 14.4 Å². The SMILES string of the molecule is CC(CCNC(=O)OCC1c2ccccc2-c2ccccc21)CCC(=O)N1CCC[C@H]1CC(=O)O. The average Bonchev–Trinajstić information content (AvgIpc) is 3.43. The molecule has 7 nitrogen and oxygen atoms in total. The third-order valence-corrected chi connectivity index (χ3v) is 7.21. The van der Waals surface area contributed by atoms with Crippen LogP contribution in [0, 0.1) is 5.92 Å². The first-order chi connectivity index (χ1) is 16.9. The number of benzene rings is 2. The van der Waals surface area contributed by atoms with Crippen molar-refractivity contribution in [3.05, 3.63) is 59.7 Å². The molecule has 0 radical (unpaired) electrons. The van der Waals surface area contributed by atoms with Crippen molar-refractivity contribution in [3.8, 4) is 11.1 Å². The van der Waals surface area contributed by atoms with E-state index in [2.05, 4.69) is 36.5 Å². The Morgan fingerprint density at radius 1 is 1.06 bits per heavy atom. The molecule has 2 aromatic rings. The summed E-state index contributed by atoms with van der Waals surface area (Å²) in [6.07, 6.45) is 3.08. The topological polar surface area (TPSA) is 95.9 Å². The highest BCUT2D eigenvalue weighted by Crippen LogP contribution is 2.44. The molecule has 1 heterocycles. The molecule has 1 aliphatic heterocycles. The predicted octanol–water partition coefficient (Wildman–Crippen LogP) is 4.80. The average molecular weight is 479 g/mol. The first-order valence-electron chi connectivity index (χ1n) is 12.5. The van der Waals surface area contributed by atoms with Crippen LogP contribution < -0.4 is 5.32 Å². The molecule has 0 saturated carbocycles. The lowest BCUT2D eigenvalue weighted by atomic mass is 9.98. The Balaban J connectivity index is 1.17. The summed E-state index contributed by atoms with van der Waals surface area (Å²) in [6, 6.07) is 16.3. The smallest absolute Gasteiger partial charge is 0.407 e. The molecule has 2 atom stereocenters. The van der Waals surface area contributed by atoms with Crippen molar-refractivity contribution in [1.29, 1.82) is 0 Å². The number of carboxylic acid groups (broad SMARTS) is 1. The van der Waals surface area contributed by atoms with Crippen LogP contribution in [0.3, 0.4) is 0 Å². The molecule has 1 saturated heterocycles. The Labute approximate surface area is 206 Å². The molecular formula is C28H34N2O5. The molecule has 1 fully saturated rings. The number of alkyl carbamates (subject to hydrolysis) is 1. The Morgan fingerprint density at radius 2 is 1.71 bits per heavy atom. The van der Waals surface area contributed by atoms with Crippen LogP contribution >= 0.6 is 0 Å². The van der Waals surface area contributed by atoms with Crippen molar-refractivity contribution in [2.75, 3.05) is 19.7 Å². The molecule has 1 unspecified atom stereocenters. The molecule has 0 aromatic heterocycles. The molecule has 4 rings (SSSR count). The Kier molecular flexibility index (Phi) is 8.06. The number of fused-ring (bicyclic) bond motifs is 3. The van der Waals surface area contributed by atoms with E-state index in [1.807, 2.05) is 24.3 Å². The third-order valence-electron chi connectivity index (χ3n) is 7.21. The fourth-order valence-corrected chi connectivity index (χ4v) is 5.31. The van der Waals surface area contributed by atoms with Gasteiger partial charge in [0.05, 0.1) is 6.42 Å². The number of aliphatic carboxylic acids is 1. The van der Waals surface area contributed by atoms with Gasteiger partial charge in [0.15, 0.2) is 0 Å². The molecule has 1 aliphatic carbocycles. The van der Waals surface area contributed by atoms with E-state index in [-0.39, 0.29) is 36.8 Å². The van der Waals surface area contributed by atoms with Crippen LogP contribution in [0.25, 0.3) is 11.1 Å². The second kappa shape index (κ2) is 11.4. The summed E-state index contributed by atoms with van der Waals surface area (Å²) in [4.78, 5) is 37.6. The highest BCUT2D eigenvalue weighted by molar-refractivity contribution is 5.79. The van der Waals surface area contributed by atoms with Gasteiger partial charge in [0, 0.05) is 31.5 Å². The van der Waals surface area contributed by atoms with Crippen LogP contribution in [0.4, 0.5) is 4.79 Å². The van der Waals surface area contributed by atoms with Crippen LogP contribution in [0.2, 0.25) is 0 Å². The standard InChI is InChI=1S/C28H34N2O5/c1-19(12-13-26(31)30-16-6-7-20(30)17-27(32)33)14-15-29-28(34)35-18-25-23-10-4-2-8-21(23)22-9-3-5-11-24(22)25/h2-5,8-11,19-20,25H,6-7,12-18H2,1H3,(H,29,34)(H,32,33)/t19?,20-/m0/s1. The van der Waals surface area contributed by atoms with Crippen LogP contribution in [0.15, 0.2) is 48.5 Å². The van der Waals surface area contributed by atoms with E-state index >= 15 is 0 Å². The number of likely N-dealkylation sites (tertiary alicyclic amines) is 1. The fourth-order valence-electron chi connectivity index (χ4n) is 5.31. The highest BCUT2D eigenvalue weighted by Gasteiger charge is 2.30. The van der Waals surface area contributed by atoms with Crippen molar-refractivity contribution < 1.29 is 24.2 Å². The van der Waals surface area contributed by atoms with Crippen molar-refractivity contribution in [2.45, 2.75) is 57.4 Å². The van der Waals surface area contributed by atoms with Gasteiger partial charge in [-0.15, -0.1) is 0 Å². The molecule has 186 valence electrons. The van der Waals surface area contributed by atoms with Crippen LogP contribution in [-0.2, 0) is 14.3 Å². The minimum atomic E-state index is -0.859. The maximum absolute atomic E-state index is 12.6. The molecule has 2 amide bonds. The summed E-state index contributed by atoms with van der Waals surface area (Å²) in [7, 11) is 0. The Hall–Kier alpha value is -3.35. The number of nitrogens with one attached hydrogen (secondary N) is 1. The van der Waals surface area contributed by atoms with E-state index in [4.69, 9.17) is 9.84 Å². The van der Waals surface area contributed by atoms with Crippen LogP contribution in [0.1, 0.15) is 62.5 Å². The van der Waals surface area contributed by atoms with Crippen molar-refractivity contribution in [1.82, 2.24) is 10.2 Å². The minimum absolute atomic E-state index is 0.0192. The number of rotatable bonds is 10. The lowest BCUT2D eigenvalue weighted by molar-refractivity contribution is -0.140. The first kappa shape index (κ1) is 24.8. The highest BCUT2D eigenvalue weighted by atomic mass is 16.5. The van der Waals surface area contributed by atoms with Gasteiger partial charge in [-0.25, -0.2) is 4.79 Å². The third kappa shape index (κ3) is 6.02. The number of ether oxygens (including phenoxy) is 1. The van der Waals surface area contributed by atoms with Gasteiger partial charge in [0.1, 0.15) is 6.61 Å². The summed E-state index contributed by atoms with van der Waals surface area (Å²) in [5.74, 6) is -0.533. The van der Waals surface area contributed by atoms with Gasteiger partial charge in [-0.1, -0.05) is 55.5 Å². The van der Waals surface area contributed by atoms with E-state index in [1.54, 1.807) is 4.90 Å². The quantitative estimate of drug-likeness (QED) is 0.512. The summed E-state index contributed by atoms with van der Waals surface area (Å²) < 4.78 is 5.57. The Morgan fingerprint density at radius 3 is 2.37 bits per heavy atom. The van der Waals surface area contributed by atoms with E-state index < -0.39 is 12.1 Å². The Bertz CT molecular complexity index is 1020. The van der Waals surface area contributed by atoms with E-state index in [0.717, 1.165) is 19.3 Å². The fraction of sp³-hybridized carbons (Fsp3) is 0.464. The summed E-state index contributed by atoms with van der Waals surface area (Å²) >= 11 is 0. The van der Waals surface area contributed by atoms with Gasteiger partial charge in [-0.3, -0.25) is 9.59 Å². The monoisotopic (exact) mass is 478 g/mol. The second-order valence-electron chi connectivity index (χ2n) is 9.67. The number of carbonyl (C=O) groups excluding carboxylic acids is 2. The second-order valence-corrected chi connectivity index (χ2v) is 9.67. The minimum Gasteiger partial charge on any atom is -0.481 e. The molecule has 35 heavy (non-hydrogen) atoms. The predicted molar refractivity (Wildman–Crippen MR) is 133 cm³/mol. The molecule has 2 N–H and O–H groups in total. The number of hydrogen-bond donors (Lipinski definition) is 2. The van der Waals surface area contributed by atoms with Gasteiger partial charge in [0.25, 0.3) is 0 Å². The molecule has 0 bridgehead atoms. The van der Waals surface area contributed by atoms with Gasteiger partial charge >= 0.3 is 12.1 Å². The van der Waals surface area contributed by atoms with Gasteiger partial charge < -0.3 is 20.1 Å². The van der Waals surface area contributed by atoms with Gasteiger partial charge in [-0.05, 0) is 53.9 Å². The molecule has 2 aromatic carbocycles. The van der Waals surface area contributed by atoms with E-state index in [0.29, 0.717) is 25.9 Å². The van der Waals surface area contributed by atoms with Crippen molar-refractivity contribution in [2.24, 2.45) is 5.92 Å². The molecule has 7 heteroatoms. The summed E-state index contributed by atoms with van der Waals surface area (Å²) in [6.45, 7) is 3.48. The largest absolute Gasteiger partial charge is 0.481 e. The van der Waals surface area contributed by atoms with Crippen LogP contribution in [-0.4, -0.2) is 53.7 Å². The zero-order valence-electron chi connectivity index (χ0n) is 20.2. The van der Waals surface area contributed by atoms with Gasteiger partial charge in [0.2, 0.25) is 5.91 Å². The number of nitrogens with zero attached hydrogens (tertiary/aromatic N) is 1. The van der Waals surface area contributed by atoms with Crippen molar-refractivity contribution >= 4 is 18.0 Å². The lowest BCUT2D eigenvalue weighted by Crippen LogP contribution is -2.37. The zero-order chi connectivity index (χ0) is 24.8. The number of amides is 2. The summed E-state index contributed by atoms with van der Waals surface area (Å²) in [5, 5.41) is 11.9. The zero-order valence-corrected chi connectivity index (χ0v) is 20.2. The van der Waals surface area contributed by atoms with E-state index in [1.165, 1.54) is 22.3 Å². The molecule has 2 aliphatic rings. The van der Waals surface area contributed by atoms with Crippen molar-refractivity contribution in [3.63, 3.8) is 0 Å². The van der Waals surface area contributed by atoms with Gasteiger partial charge in [-0.2, -0.15) is 0 Å². The normalized spacial score (nSPS) is 17.5.